The average molecular weight is 373 g/mol. The molecular formula is C15H12BrCl2NO. The van der Waals surface area contributed by atoms with Gasteiger partial charge in [0.05, 0.1) is 10.6 Å². The van der Waals surface area contributed by atoms with Gasteiger partial charge in [-0.3, -0.25) is 4.79 Å². The number of nitrogens with one attached hydrogen (secondary N) is 1. The van der Waals surface area contributed by atoms with E-state index in [4.69, 9.17) is 23.2 Å². The standard InChI is InChI=1S/C15H12BrCl2NO/c16-12-5-6-14(18)13(7-12)15(20)19-9-11-3-1-10(8-17)2-4-11/h1-7H,8-9H2,(H,19,20). The Bertz CT molecular complexity index is 614. The van der Waals surface area contributed by atoms with E-state index >= 15 is 0 Å². The highest BCUT2D eigenvalue weighted by Gasteiger charge is 2.10. The second-order valence-electron chi connectivity index (χ2n) is 4.26. The van der Waals surface area contributed by atoms with Crippen molar-refractivity contribution < 1.29 is 4.79 Å². The van der Waals surface area contributed by atoms with Gasteiger partial charge in [-0.2, -0.15) is 0 Å². The number of hydrogen-bond donors (Lipinski definition) is 1. The third-order valence-corrected chi connectivity index (χ3v) is 3.93. The van der Waals surface area contributed by atoms with Crippen LogP contribution < -0.4 is 5.32 Å². The molecule has 2 aromatic carbocycles. The van der Waals surface area contributed by atoms with E-state index in [9.17, 15) is 4.79 Å². The van der Waals surface area contributed by atoms with E-state index in [0.717, 1.165) is 15.6 Å². The van der Waals surface area contributed by atoms with Crippen molar-refractivity contribution in [2.45, 2.75) is 12.4 Å². The predicted octanol–water partition coefficient (Wildman–Crippen LogP) is 4.77. The Balaban J connectivity index is 2.02. The number of rotatable bonds is 4. The lowest BCUT2D eigenvalue weighted by Gasteiger charge is -2.08. The number of alkyl halides is 1. The maximum absolute atomic E-state index is 12.1. The fourth-order valence-corrected chi connectivity index (χ4v) is 2.44. The molecule has 1 N–H and O–H groups in total. The molecule has 0 aliphatic heterocycles. The summed E-state index contributed by atoms with van der Waals surface area (Å²) in [5.41, 5.74) is 2.52. The van der Waals surface area contributed by atoms with Gasteiger partial charge in [-0.15, -0.1) is 11.6 Å². The molecule has 0 unspecified atom stereocenters. The first kappa shape index (κ1) is 15.4. The summed E-state index contributed by atoms with van der Waals surface area (Å²) in [6.45, 7) is 0.449. The Morgan fingerprint density at radius 2 is 1.75 bits per heavy atom. The first-order chi connectivity index (χ1) is 9.60. The quantitative estimate of drug-likeness (QED) is 0.769. The molecule has 104 valence electrons. The first-order valence-corrected chi connectivity index (χ1v) is 7.67. The summed E-state index contributed by atoms with van der Waals surface area (Å²) >= 11 is 15.1. The van der Waals surface area contributed by atoms with Crippen molar-refractivity contribution in [3.05, 3.63) is 68.7 Å². The summed E-state index contributed by atoms with van der Waals surface area (Å²) in [4.78, 5) is 12.1. The van der Waals surface area contributed by atoms with Crippen LogP contribution in [0.3, 0.4) is 0 Å². The van der Waals surface area contributed by atoms with Crippen LogP contribution in [-0.4, -0.2) is 5.91 Å². The van der Waals surface area contributed by atoms with Crippen LogP contribution in [0.25, 0.3) is 0 Å². The van der Waals surface area contributed by atoms with E-state index < -0.39 is 0 Å². The third kappa shape index (κ3) is 3.98. The maximum Gasteiger partial charge on any atom is 0.253 e. The molecule has 5 heteroatoms. The van der Waals surface area contributed by atoms with Crippen LogP contribution in [-0.2, 0) is 12.4 Å². The topological polar surface area (TPSA) is 29.1 Å². The smallest absolute Gasteiger partial charge is 0.253 e. The zero-order valence-corrected chi connectivity index (χ0v) is 13.6. The molecular weight excluding hydrogens is 361 g/mol. The molecule has 0 aliphatic carbocycles. The summed E-state index contributed by atoms with van der Waals surface area (Å²) in [5.74, 6) is 0.290. The summed E-state index contributed by atoms with van der Waals surface area (Å²) in [7, 11) is 0. The maximum atomic E-state index is 12.1. The van der Waals surface area contributed by atoms with Crippen molar-refractivity contribution in [1.82, 2.24) is 5.32 Å². The van der Waals surface area contributed by atoms with Gasteiger partial charge in [0.2, 0.25) is 0 Å². The van der Waals surface area contributed by atoms with Gasteiger partial charge < -0.3 is 5.32 Å². The SMILES string of the molecule is O=C(NCc1ccc(CCl)cc1)c1cc(Br)ccc1Cl. The fraction of sp³-hybridized carbons (Fsp3) is 0.133. The van der Waals surface area contributed by atoms with Crippen molar-refractivity contribution in [2.75, 3.05) is 0 Å². The van der Waals surface area contributed by atoms with Crippen molar-refractivity contribution in [1.29, 1.82) is 0 Å². The van der Waals surface area contributed by atoms with Crippen molar-refractivity contribution >= 4 is 45.0 Å². The molecule has 2 nitrogen and oxygen atoms in total. The van der Waals surface area contributed by atoms with Crippen molar-refractivity contribution in [3.63, 3.8) is 0 Å². The Kier molecular flexibility index (Phi) is 5.46. The molecule has 0 fully saturated rings. The van der Waals surface area contributed by atoms with Crippen LogP contribution in [0, 0.1) is 0 Å². The van der Waals surface area contributed by atoms with Gasteiger partial charge in [0.25, 0.3) is 5.91 Å². The van der Waals surface area contributed by atoms with Crippen LogP contribution in [0.15, 0.2) is 46.9 Å². The van der Waals surface area contributed by atoms with Gasteiger partial charge in [-0.05, 0) is 29.3 Å². The van der Waals surface area contributed by atoms with Crippen LogP contribution in [0.5, 0.6) is 0 Å². The molecule has 2 rings (SSSR count). The Hall–Kier alpha value is -1.03. The highest BCUT2D eigenvalue weighted by Crippen LogP contribution is 2.21. The molecule has 20 heavy (non-hydrogen) atoms. The van der Waals surface area contributed by atoms with Crippen molar-refractivity contribution in [3.8, 4) is 0 Å². The second-order valence-corrected chi connectivity index (χ2v) is 5.85. The summed E-state index contributed by atoms with van der Waals surface area (Å²) < 4.78 is 0.818. The molecule has 0 saturated heterocycles. The van der Waals surface area contributed by atoms with Gasteiger partial charge in [-0.1, -0.05) is 51.8 Å². The van der Waals surface area contributed by atoms with Crippen LogP contribution in [0.1, 0.15) is 21.5 Å². The zero-order valence-electron chi connectivity index (χ0n) is 10.5. The van der Waals surface area contributed by atoms with E-state index in [2.05, 4.69) is 21.2 Å². The lowest BCUT2D eigenvalue weighted by molar-refractivity contribution is 0.0951. The van der Waals surface area contributed by atoms with Crippen LogP contribution >= 0.6 is 39.1 Å². The number of carbonyl (C=O) groups is 1. The van der Waals surface area contributed by atoms with Crippen molar-refractivity contribution in [2.24, 2.45) is 0 Å². The molecule has 0 radical (unpaired) electrons. The highest BCUT2D eigenvalue weighted by atomic mass is 79.9. The second kappa shape index (κ2) is 7.11. The molecule has 0 heterocycles. The Morgan fingerprint density at radius 1 is 1.10 bits per heavy atom. The van der Waals surface area contributed by atoms with Crippen LogP contribution in [0.4, 0.5) is 0 Å². The first-order valence-electron chi connectivity index (χ1n) is 5.97. The number of benzene rings is 2. The normalized spacial score (nSPS) is 10.3. The van der Waals surface area contributed by atoms with Gasteiger partial charge in [0.1, 0.15) is 0 Å². The Morgan fingerprint density at radius 3 is 2.40 bits per heavy atom. The van der Waals surface area contributed by atoms with Gasteiger partial charge in [-0.25, -0.2) is 0 Å². The molecule has 0 aliphatic rings. The number of hydrogen-bond acceptors (Lipinski definition) is 1. The predicted molar refractivity (Wildman–Crippen MR) is 86.3 cm³/mol. The third-order valence-electron chi connectivity index (χ3n) is 2.80. The van der Waals surface area contributed by atoms with Gasteiger partial charge in [0.15, 0.2) is 0 Å². The molecule has 0 atom stereocenters. The monoisotopic (exact) mass is 371 g/mol. The van der Waals surface area contributed by atoms with Gasteiger partial charge >= 0.3 is 0 Å². The van der Waals surface area contributed by atoms with E-state index in [1.54, 1.807) is 18.2 Å². The van der Waals surface area contributed by atoms with E-state index in [1.165, 1.54) is 0 Å². The minimum absolute atomic E-state index is 0.197. The average Bonchev–Trinajstić information content (AvgIpc) is 2.47. The molecule has 0 bridgehead atoms. The van der Waals surface area contributed by atoms with E-state index in [1.807, 2.05) is 24.3 Å². The number of halogens is 3. The molecule has 0 spiro atoms. The van der Waals surface area contributed by atoms with E-state index in [0.29, 0.717) is 23.0 Å². The minimum atomic E-state index is -0.197. The zero-order chi connectivity index (χ0) is 14.5. The summed E-state index contributed by atoms with van der Waals surface area (Å²) in [5, 5.41) is 3.28. The largest absolute Gasteiger partial charge is 0.348 e. The highest BCUT2D eigenvalue weighted by molar-refractivity contribution is 9.10. The van der Waals surface area contributed by atoms with Gasteiger partial charge in [0, 0.05) is 16.9 Å². The Labute approximate surface area is 136 Å². The molecule has 1 amide bonds. The fourth-order valence-electron chi connectivity index (χ4n) is 1.70. The summed E-state index contributed by atoms with van der Waals surface area (Å²) in [6, 6.07) is 13.0. The van der Waals surface area contributed by atoms with E-state index in [-0.39, 0.29) is 5.91 Å². The molecule has 0 aromatic heterocycles. The summed E-state index contributed by atoms with van der Waals surface area (Å²) in [6.07, 6.45) is 0. The lowest BCUT2D eigenvalue weighted by atomic mass is 10.1. The van der Waals surface area contributed by atoms with Crippen LogP contribution in [0.2, 0.25) is 5.02 Å². The lowest BCUT2D eigenvalue weighted by Crippen LogP contribution is -2.23. The number of amides is 1. The number of carbonyl (C=O) groups excluding carboxylic acids is 1. The molecule has 0 saturated carbocycles. The minimum Gasteiger partial charge on any atom is -0.348 e. The molecule has 2 aromatic rings.